The Bertz CT molecular complexity index is 1200. The number of esters is 1. The van der Waals surface area contributed by atoms with Crippen molar-refractivity contribution in [3.63, 3.8) is 0 Å². The maximum Gasteiger partial charge on any atom is 0.573 e. The van der Waals surface area contributed by atoms with Gasteiger partial charge in [0.05, 0.1) is 24.6 Å². The van der Waals surface area contributed by atoms with E-state index in [0.717, 1.165) is 35.9 Å². The smallest absolute Gasteiger partial charge is 0.469 e. The molecule has 0 bridgehead atoms. The van der Waals surface area contributed by atoms with Gasteiger partial charge < -0.3 is 19.4 Å². The molecule has 1 N–H and O–H groups in total. The van der Waals surface area contributed by atoms with Gasteiger partial charge in [0.1, 0.15) is 5.75 Å². The Morgan fingerprint density at radius 2 is 1.89 bits per heavy atom. The molecule has 0 spiro atoms. The van der Waals surface area contributed by atoms with Crippen molar-refractivity contribution in [2.24, 2.45) is 11.3 Å². The molecule has 35 heavy (non-hydrogen) atoms. The van der Waals surface area contributed by atoms with Crippen LogP contribution >= 0.6 is 0 Å². The first-order chi connectivity index (χ1) is 16.4. The molecule has 1 saturated carbocycles. The van der Waals surface area contributed by atoms with Crippen molar-refractivity contribution in [2.75, 3.05) is 12.4 Å². The molecule has 0 aliphatic heterocycles. The zero-order valence-electron chi connectivity index (χ0n) is 20.3. The second-order valence-corrected chi connectivity index (χ2v) is 10.1. The van der Waals surface area contributed by atoms with Crippen LogP contribution in [0.5, 0.6) is 5.75 Å². The SMILES string of the molecule is COC(=O)Cc1ccc2c(c1)nc(Nc1ccc(OC(F)(F)F)cc1)n2[C@H]1C[C@@H](C)CC(C)(C)C1. The van der Waals surface area contributed by atoms with E-state index in [9.17, 15) is 18.0 Å². The van der Waals surface area contributed by atoms with Crippen LogP contribution < -0.4 is 10.1 Å². The van der Waals surface area contributed by atoms with Gasteiger partial charge in [-0.1, -0.05) is 26.8 Å². The zero-order valence-corrected chi connectivity index (χ0v) is 20.3. The number of alkyl halides is 3. The Hall–Kier alpha value is -3.23. The Morgan fingerprint density at radius 1 is 1.17 bits per heavy atom. The van der Waals surface area contributed by atoms with Gasteiger partial charge in [0.2, 0.25) is 5.95 Å². The van der Waals surface area contributed by atoms with Crippen LogP contribution in [-0.2, 0) is 16.0 Å². The molecule has 2 aromatic carbocycles. The number of rotatable bonds is 6. The third kappa shape index (κ3) is 6.07. The number of benzene rings is 2. The predicted molar refractivity (Wildman–Crippen MR) is 128 cm³/mol. The Labute approximate surface area is 202 Å². The van der Waals surface area contributed by atoms with Crippen molar-refractivity contribution in [1.82, 2.24) is 9.55 Å². The van der Waals surface area contributed by atoms with Crippen molar-refractivity contribution in [3.05, 3.63) is 48.0 Å². The monoisotopic (exact) mass is 489 g/mol. The summed E-state index contributed by atoms with van der Waals surface area (Å²) in [4.78, 5) is 16.6. The summed E-state index contributed by atoms with van der Waals surface area (Å²) in [5.41, 5.74) is 3.23. The topological polar surface area (TPSA) is 65.4 Å². The molecule has 6 nitrogen and oxygen atoms in total. The predicted octanol–water partition coefficient (Wildman–Crippen LogP) is 6.78. The minimum Gasteiger partial charge on any atom is -0.469 e. The van der Waals surface area contributed by atoms with Gasteiger partial charge in [0.25, 0.3) is 0 Å². The van der Waals surface area contributed by atoms with Crippen LogP contribution in [0, 0.1) is 11.3 Å². The highest BCUT2D eigenvalue weighted by Gasteiger charge is 2.35. The average molecular weight is 490 g/mol. The fourth-order valence-corrected chi connectivity index (χ4v) is 5.31. The van der Waals surface area contributed by atoms with Crippen molar-refractivity contribution in [3.8, 4) is 5.75 Å². The van der Waals surface area contributed by atoms with Crippen LogP contribution in [0.2, 0.25) is 0 Å². The maximum atomic E-state index is 12.5. The van der Waals surface area contributed by atoms with Crippen LogP contribution in [-0.4, -0.2) is 29.0 Å². The quantitative estimate of drug-likeness (QED) is 0.387. The van der Waals surface area contributed by atoms with E-state index >= 15 is 0 Å². The van der Waals surface area contributed by atoms with Gasteiger partial charge >= 0.3 is 12.3 Å². The molecule has 188 valence electrons. The van der Waals surface area contributed by atoms with Crippen LogP contribution in [0.15, 0.2) is 42.5 Å². The summed E-state index contributed by atoms with van der Waals surface area (Å²) in [6.07, 6.45) is -1.49. The van der Waals surface area contributed by atoms with Crippen LogP contribution in [0.4, 0.5) is 24.8 Å². The normalized spacial score (nSPS) is 20.0. The highest BCUT2D eigenvalue weighted by Crippen LogP contribution is 2.46. The number of hydrogen-bond donors (Lipinski definition) is 1. The summed E-state index contributed by atoms with van der Waals surface area (Å²) in [7, 11) is 1.36. The Morgan fingerprint density at radius 3 is 2.51 bits per heavy atom. The van der Waals surface area contributed by atoms with E-state index in [1.165, 1.54) is 31.4 Å². The van der Waals surface area contributed by atoms with E-state index in [1.54, 1.807) is 0 Å². The molecular weight excluding hydrogens is 459 g/mol. The molecular formula is C26H30F3N3O3. The molecule has 0 unspecified atom stereocenters. The molecule has 0 radical (unpaired) electrons. The Kier molecular flexibility index (Phi) is 6.71. The first kappa shape index (κ1) is 24.9. The van der Waals surface area contributed by atoms with E-state index in [4.69, 9.17) is 9.72 Å². The first-order valence-electron chi connectivity index (χ1n) is 11.6. The largest absolute Gasteiger partial charge is 0.573 e. The standard InChI is InChI=1S/C26H30F3N3O3/c1-16-11-19(15-25(2,3)14-16)32-22-10-5-17(13-23(33)34-4)12-21(22)31-24(32)30-18-6-8-20(9-7-18)35-26(27,28)29/h5-10,12,16,19H,11,13-15H2,1-4H3,(H,30,31)/t16-,19+/m1/s1. The van der Waals surface area contributed by atoms with Gasteiger partial charge in [-0.3, -0.25) is 4.79 Å². The zero-order chi connectivity index (χ0) is 25.4. The number of carbonyl (C=O) groups is 1. The lowest BCUT2D eigenvalue weighted by atomic mass is 9.70. The third-order valence-corrected chi connectivity index (χ3v) is 6.40. The highest BCUT2D eigenvalue weighted by atomic mass is 19.4. The minimum atomic E-state index is -4.74. The van der Waals surface area contributed by atoms with Gasteiger partial charge in [-0.15, -0.1) is 13.2 Å². The van der Waals surface area contributed by atoms with Gasteiger partial charge in [-0.25, -0.2) is 4.98 Å². The number of anilines is 2. The molecule has 2 atom stereocenters. The number of carbonyl (C=O) groups excluding carboxylic acids is 1. The number of aromatic nitrogens is 2. The average Bonchev–Trinajstić information content (AvgIpc) is 3.09. The molecule has 3 aromatic rings. The molecule has 0 amide bonds. The fourth-order valence-electron chi connectivity index (χ4n) is 5.31. The summed E-state index contributed by atoms with van der Waals surface area (Å²) < 4.78 is 48.5. The number of methoxy groups -OCH3 is 1. The summed E-state index contributed by atoms with van der Waals surface area (Å²) in [5, 5.41) is 3.29. The maximum absolute atomic E-state index is 12.5. The number of imidazole rings is 1. The summed E-state index contributed by atoms with van der Waals surface area (Å²) >= 11 is 0. The van der Waals surface area contributed by atoms with Gasteiger partial charge in [-0.05, 0) is 72.6 Å². The Balaban J connectivity index is 1.71. The highest BCUT2D eigenvalue weighted by molar-refractivity contribution is 5.82. The fraction of sp³-hybridized carbons (Fsp3) is 0.462. The number of ether oxygens (including phenoxy) is 2. The number of fused-ring (bicyclic) bond motifs is 1. The molecule has 4 rings (SSSR count). The van der Waals surface area contributed by atoms with Crippen LogP contribution in [0.25, 0.3) is 11.0 Å². The van der Waals surface area contributed by atoms with Crippen LogP contribution in [0.1, 0.15) is 51.6 Å². The number of hydrogen-bond acceptors (Lipinski definition) is 5. The number of halogens is 3. The van der Waals surface area contributed by atoms with E-state index in [2.05, 4.69) is 35.4 Å². The molecule has 1 aliphatic rings. The molecule has 1 aliphatic carbocycles. The third-order valence-electron chi connectivity index (χ3n) is 6.40. The van der Waals surface area contributed by atoms with Crippen LogP contribution in [0.3, 0.4) is 0 Å². The summed E-state index contributed by atoms with van der Waals surface area (Å²) in [6.45, 7) is 6.80. The summed E-state index contributed by atoms with van der Waals surface area (Å²) in [6, 6.07) is 11.5. The molecule has 1 aromatic heterocycles. The molecule has 1 heterocycles. The molecule has 9 heteroatoms. The van der Waals surface area contributed by atoms with Gasteiger partial charge in [-0.2, -0.15) is 0 Å². The summed E-state index contributed by atoms with van der Waals surface area (Å²) in [5.74, 6) is 0.527. The van der Waals surface area contributed by atoms with Gasteiger partial charge in [0, 0.05) is 11.7 Å². The van der Waals surface area contributed by atoms with Crippen molar-refractivity contribution < 1.29 is 27.4 Å². The van der Waals surface area contributed by atoms with Gasteiger partial charge in [0.15, 0.2) is 0 Å². The lowest BCUT2D eigenvalue weighted by molar-refractivity contribution is -0.274. The van der Waals surface area contributed by atoms with E-state index in [-0.39, 0.29) is 29.6 Å². The second-order valence-electron chi connectivity index (χ2n) is 10.1. The molecule has 0 saturated heterocycles. The van der Waals surface area contributed by atoms with E-state index < -0.39 is 6.36 Å². The van der Waals surface area contributed by atoms with E-state index in [0.29, 0.717) is 17.6 Å². The minimum absolute atomic E-state index is 0.149. The van der Waals surface area contributed by atoms with Crippen molar-refractivity contribution in [2.45, 2.75) is 58.9 Å². The second kappa shape index (κ2) is 9.43. The first-order valence-corrected chi connectivity index (χ1v) is 11.6. The lowest BCUT2D eigenvalue weighted by Gasteiger charge is -2.40. The lowest BCUT2D eigenvalue weighted by Crippen LogP contribution is -2.29. The van der Waals surface area contributed by atoms with E-state index in [1.807, 2.05) is 18.2 Å². The number of nitrogens with one attached hydrogen (secondary N) is 1. The van der Waals surface area contributed by atoms with Crippen molar-refractivity contribution >= 4 is 28.6 Å². The number of nitrogens with zero attached hydrogens (tertiary/aromatic N) is 2. The van der Waals surface area contributed by atoms with Crippen molar-refractivity contribution in [1.29, 1.82) is 0 Å². The molecule has 1 fully saturated rings.